The normalized spacial score (nSPS) is 18.2. The molecule has 25 heavy (non-hydrogen) atoms. The first-order chi connectivity index (χ1) is 11.8. The Kier molecular flexibility index (Phi) is 6.93. The fourth-order valence-electron chi connectivity index (χ4n) is 2.28. The van der Waals surface area contributed by atoms with Gasteiger partial charge in [0, 0.05) is 12.1 Å². The molecule has 0 spiro atoms. The summed E-state index contributed by atoms with van der Waals surface area (Å²) in [4.78, 5) is 19.6. The third-order valence-corrected chi connectivity index (χ3v) is 4.62. The monoisotopic (exact) mass is 382 g/mol. The summed E-state index contributed by atoms with van der Waals surface area (Å²) in [5, 5.41) is 9.99. The second-order valence-electron chi connectivity index (χ2n) is 6.15. The van der Waals surface area contributed by atoms with Gasteiger partial charge in [-0.2, -0.15) is 0 Å². The molecule has 1 aliphatic rings. The van der Waals surface area contributed by atoms with Crippen LogP contribution in [0.5, 0.6) is 5.75 Å². The second kappa shape index (κ2) is 8.74. The van der Waals surface area contributed by atoms with Gasteiger partial charge >= 0.3 is 0 Å². The Hall–Kier alpha value is -1.50. The average Bonchev–Trinajstić information content (AvgIpc) is 2.81. The van der Waals surface area contributed by atoms with E-state index in [-0.39, 0.29) is 31.2 Å². The summed E-state index contributed by atoms with van der Waals surface area (Å²) < 4.78 is 5.34. The van der Waals surface area contributed by atoms with Crippen molar-refractivity contribution in [1.82, 2.24) is 4.90 Å². The summed E-state index contributed by atoms with van der Waals surface area (Å²) >= 11 is 7.58. The van der Waals surface area contributed by atoms with E-state index in [0.717, 1.165) is 10.7 Å². The van der Waals surface area contributed by atoms with E-state index >= 15 is 0 Å². The minimum Gasteiger partial charge on any atom is -0.490 e. The van der Waals surface area contributed by atoms with Crippen LogP contribution in [0.15, 0.2) is 28.1 Å². The number of hydrogen-bond acceptors (Lipinski definition) is 5. The molecule has 0 aromatic heterocycles. The minimum atomic E-state index is -0.0731. The number of aliphatic imine (C=N–C) groups is 1. The molecule has 0 unspecified atom stereocenters. The molecule has 1 saturated heterocycles. The number of aliphatic hydroxyl groups excluding tert-OH is 1. The van der Waals surface area contributed by atoms with Crippen molar-refractivity contribution in [3.05, 3.63) is 33.7 Å². The van der Waals surface area contributed by atoms with Crippen molar-refractivity contribution in [3.8, 4) is 5.75 Å². The highest BCUT2D eigenvalue weighted by atomic mass is 35.5. The quantitative estimate of drug-likeness (QED) is 0.760. The molecule has 2 rings (SSSR count). The first-order valence-corrected chi connectivity index (χ1v) is 9.37. The molecular weight excluding hydrogens is 360 g/mol. The molecule has 1 aliphatic heterocycles. The molecule has 1 heterocycles. The first-order valence-electron chi connectivity index (χ1n) is 8.17. The maximum atomic E-state index is 12.7. The fourth-order valence-corrected chi connectivity index (χ4v) is 3.76. The van der Waals surface area contributed by atoms with Gasteiger partial charge in [-0.25, -0.2) is 0 Å². The molecule has 7 heteroatoms. The minimum absolute atomic E-state index is 0.0428. The lowest BCUT2D eigenvalue weighted by Gasteiger charge is -2.20. The zero-order valence-electron chi connectivity index (χ0n) is 14.8. The van der Waals surface area contributed by atoms with Gasteiger partial charge < -0.3 is 9.84 Å². The van der Waals surface area contributed by atoms with Crippen LogP contribution in [0.3, 0.4) is 0 Å². The number of ether oxygens (including phenoxy) is 1. The average molecular weight is 383 g/mol. The summed E-state index contributed by atoms with van der Waals surface area (Å²) in [5.41, 5.74) is 0.812. The molecule has 1 aromatic carbocycles. The van der Waals surface area contributed by atoms with Crippen LogP contribution < -0.4 is 4.74 Å². The number of nitrogens with zero attached hydrogens (tertiary/aromatic N) is 2. The predicted molar refractivity (Wildman–Crippen MR) is 104 cm³/mol. The van der Waals surface area contributed by atoms with Crippen molar-refractivity contribution in [2.45, 2.75) is 39.8 Å². The van der Waals surface area contributed by atoms with Crippen LogP contribution in [0.2, 0.25) is 5.02 Å². The number of hydrogen-bond donors (Lipinski definition) is 1. The Morgan fingerprint density at radius 2 is 2.08 bits per heavy atom. The Morgan fingerprint density at radius 1 is 1.36 bits per heavy atom. The van der Waals surface area contributed by atoms with E-state index in [0.29, 0.717) is 15.7 Å². The Balaban J connectivity index is 2.28. The first kappa shape index (κ1) is 19.8. The van der Waals surface area contributed by atoms with Crippen LogP contribution >= 0.6 is 23.4 Å². The molecule has 0 aliphatic carbocycles. The van der Waals surface area contributed by atoms with Crippen molar-refractivity contribution in [3.63, 3.8) is 0 Å². The maximum absolute atomic E-state index is 12.7. The molecule has 0 saturated carbocycles. The number of carbonyl (C=O) groups excluding carboxylic acids is 1. The van der Waals surface area contributed by atoms with E-state index in [1.807, 2.05) is 39.8 Å². The number of carbonyl (C=O) groups is 1. The van der Waals surface area contributed by atoms with Crippen LogP contribution in [0.25, 0.3) is 6.08 Å². The smallest absolute Gasteiger partial charge is 0.266 e. The van der Waals surface area contributed by atoms with Gasteiger partial charge in [-0.15, -0.1) is 0 Å². The maximum Gasteiger partial charge on any atom is 0.266 e. The zero-order chi connectivity index (χ0) is 18.6. The standard InChI is InChI=1S/C18H23ClN2O3S/c1-11(2)20-18-21(12(3)4)17(23)16(25-18)10-13-5-6-15(14(19)9-13)24-8-7-22/h5-6,9-12,22H,7-8H2,1-4H3/b16-10-,20-18?. The highest BCUT2D eigenvalue weighted by molar-refractivity contribution is 8.18. The molecule has 1 fully saturated rings. The highest BCUT2D eigenvalue weighted by Gasteiger charge is 2.35. The van der Waals surface area contributed by atoms with Gasteiger partial charge in [0.1, 0.15) is 12.4 Å². The van der Waals surface area contributed by atoms with Crippen LogP contribution in [-0.4, -0.2) is 46.4 Å². The van der Waals surface area contributed by atoms with Gasteiger partial charge in [0.15, 0.2) is 5.17 Å². The molecule has 1 amide bonds. The van der Waals surface area contributed by atoms with Crippen LogP contribution in [0, 0.1) is 0 Å². The van der Waals surface area contributed by atoms with Crippen LogP contribution in [0.4, 0.5) is 0 Å². The molecule has 0 bridgehead atoms. The van der Waals surface area contributed by atoms with E-state index in [4.69, 9.17) is 21.4 Å². The highest BCUT2D eigenvalue weighted by Crippen LogP contribution is 2.35. The van der Waals surface area contributed by atoms with Crippen molar-refractivity contribution < 1.29 is 14.6 Å². The predicted octanol–water partition coefficient (Wildman–Crippen LogP) is 3.80. The number of rotatable bonds is 6. The SMILES string of the molecule is CC(C)N=C1S/C(=C\c2ccc(OCCO)c(Cl)c2)C(=O)N1C(C)C. The Bertz CT molecular complexity index is 702. The van der Waals surface area contributed by atoms with Gasteiger partial charge in [-0.05, 0) is 63.2 Å². The number of halogens is 1. The van der Waals surface area contributed by atoms with Crippen LogP contribution in [-0.2, 0) is 4.79 Å². The summed E-state index contributed by atoms with van der Waals surface area (Å²) in [6.07, 6.45) is 1.81. The molecule has 136 valence electrons. The largest absolute Gasteiger partial charge is 0.490 e. The van der Waals surface area contributed by atoms with Gasteiger partial charge in [0.25, 0.3) is 5.91 Å². The lowest BCUT2D eigenvalue weighted by Crippen LogP contribution is -2.35. The van der Waals surface area contributed by atoms with Crippen molar-refractivity contribution >= 4 is 40.5 Å². The van der Waals surface area contributed by atoms with Gasteiger partial charge in [-0.1, -0.05) is 17.7 Å². The number of benzene rings is 1. The Labute approximate surface area is 157 Å². The molecule has 0 radical (unpaired) electrons. The molecule has 0 atom stereocenters. The lowest BCUT2D eigenvalue weighted by atomic mass is 10.2. The topological polar surface area (TPSA) is 62.1 Å². The number of amides is 1. The second-order valence-corrected chi connectivity index (χ2v) is 7.56. The van der Waals surface area contributed by atoms with E-state index in [2.05, 4.69) is 4.99 Å². The van der Waals surface area contributed by atoms with E-state index in [1.165, 1.54) is 11.8 Å². The Morgan fingerprint density at radius 3 is 2.64 bits per heavy atom. The summed E-state index contributed by atoms with van der Waals surface area (Å²) in [7, 11) is 0. The number of thioether (sulfide) groups is 1. The van der Waals surface area contributed by atoms with Crippen LogP contribution in [0.1, 0.15) is 33.3 Å². The number of amidine groups is 1. The van der Waals surface area contributed by atoms with Crippen molar-refractivity contribution in [2.24, 2.45) is 4.99 Å². The van der Waals surface area contributed by atoms with Gasteiger partial charge in [-0.3, -0.25) is 14.7 Å². The molecular formula is C18H23ClN2O3S. The van der Waals surface area contributed by atoms with Crippen molar-refractivity contribution in [1.29, 1.82) is 0 Å². The number of aliphatic hydroxyl groups is 1. The molecule has 1 aromatic rings. The molecule has 5 nitrogen and oxygen atoms in total. The summed E-state index contributed by atoms with van der Waals surface area (Å²) in [5.74, 6) is 0.463. The summed E-state index contributed by atoms with van der Waals surface area (Å²) in [6.45, 7) is 8.04. The van der Waals surface area contributed by atoms with Gasteiger partial charge in [0.05, 0.1) is 16.5 Å². The lowest BCUT2D eigenvalue weighted by molar-refractivity contribution is -0.123. The third-order valence-electron chi connectivity index (χ3n) is 3.32. The van der Waals surface area contributed by atoms with Gasteiger partial charge in [0.2, 0.25) is 0 Å². The summed E-state index contributed by atoms with van der Waals surface area (Å²) in [6, 6.07) is 5.47. The van der Waals surface area contributed by atoms with E-state index in [9.17, 15) is 4.79 Å². The van der Waals surface area contributed by atoms with E-state index in [1.54, 1.807) is 17.0 Å². The third kappa shape index (κ3) is 5.00. The molecule has 1 N–H and O–H groups in total. The fraction of sp³-hybridized carbons (Fsp3) is 0.444. The zero-order valence-corrected chi connectivity index (χ0v) is 16.4. The van der Waals surface area contributed by atoms with E-state index < -0.39 is 0 Å². The van der Waals surface area contributed by atoms with Crippen molar-refractivity contribution in [2.75, 3.05) is 13.2 Å².